The molecule has 2 rings (SSSR count). The van der Waals surface area contributed by atoms with Gasteiger partial charge in [0.05, 0.1) is 0 Å². The lowest BCUT2D eigenvalue weighted by Gasteiger charge is -2.32. The number of hydrogen-bond donors (Lipinski definition) is 2. The zero-order valence-electron chi connectivity index (χ0n) is 13.5. The van der Waals surface area contributed by atoms with Gasteiger partial charge in [-0.1, -0.05) is 0 Å². The van der Waals surface area contributed by atoms with Crippen LogP contribution in [0.25, 0.3) is 0 Å². The van der Waals surface area contributed by atoms with Gasteiger partial charge in [0.15, 0.2) is 0 Å². The van der Waals surface area contributed by atoms with E-state index in [-0.39, 0.29) is 48.6 Å². The number of nitrogens with one attached hydrogen (secondary N) is 2. The monoisotopic (exact) mass is 398 g/mol. The van der Waals surface area contributed by atoms with Crippen molar-refractivity contribution in [2.24, 2.45) is 0 Å². The quantitative estimate of drug-likeness (QED) is 0.739. The highest BCUT2D eigenvalue weighted by Crippen LogP contribution is 2.11. The fraction of sp³-hybridized carbons (Fsp3) is 0.571. The van der Waals surface area contributed by atoms with Crippen molar-refractivity contribution in [2.75, 3.05) is 26.7 Å². The summed E-state index contributed by atoms with van der Waals surface area (Å²) in [5.74, 6) is -0.0196. The number of likely N-dealkylation sites (tertiary alicyclic amines) is 1. The molecule has 0 aliphatic carbocycles. The average molecular weight is 399 g/mol. The summed E-state index contributed by atoms with van der Waals surface area (Å²) in [4.78, 5) is 17.8. The van der Waals surface area contributed by atoms with E-state index in [9.17, 15) is 13.2 Å². The van der Waals surface area contributed by atoms with Crippen molar-refractivity contribution < 1.29 is 13.2 Å². The van der Waals surface area contributed by atoms with Crippen LogP contribution in [0.4, 0.5) is 0 Å². The van der Waals surface area contributed by atoms with Crippen molar-refractivity contribution in [1.82, 2.24) is 19.9 Å². The lowest BCUT2D eigenvalue weighted by molar-refractivity contribution is -0.132. The summed E-state index contributed by atoms with van der Waals surface area (Å²) in [6, 6.07) is 3.36. The topological polar surface area (TPSA) is 91.4 Å². The number of hydrogen-bond acceptors (Lipinski definition) is 5. The van der Waals surface area contributed by atoms with E-state index in [1.807, 2.05) is 7.05 Å². The molecule has 0 radical (unpaired) electrons. The maximum atomic E-state index is 12.1. The van der Waals surface area contributed by atoms with Gasteiger partial charge in [0, 0.05) is 44.5 Å². The van der Waals surface area contributed by atoms with Crippen LogP contribution in [0, 0.1) is 0 Å². The zero-order valence-corrected chi connectivity index (χ0v) is 15.9. The van der Waals surface area contributed by atoms with Crippen LogP contribution in [-0.4, -0.2) is 56.9 Å². The lowest BCUT2D eigenvalue weighted by Crippen LogP contribution is -2.47. The minimum atomic E-state index is -3.60. The summed E-state index contributed by atoms with van der Waals surface area (Å²) in [7, 11) is -1.71. The molecular weight excluding hydrogens is 375 g/mol. The van der Waals surface area contributed by atoms with Crippen molar-refractivity contribution in [3.8, 4) is 0 Å². The fourth-order valence-corrected chi connectivity index (χ4v) is 3.47. The molecule has 2 heterocycles. The standard InChI is InChI=1S/C14H22N4O3S.2ClH/c1-15-12-4-3-9-18(11-12)14(19)6-8-17-22(20,21)13-5-2-7-16-10-13;;/h2,5,7,10,12,15,17H,3-4,6,8-9,11H2,1H3;2*1H. The molecular formula is C14H24Cl2N4O3S. The summed E-state index contributed by atoms with van der Waals surface area (Å²) < 4.78 is 26.4. The van der Waals surface area contributed by atoms with Gasteiger partial charge in [0.25, 0.3) is 0 Å². The molecule has 1 saturated heterocycles. The molecule has 0 bridgehead atoms. The Kier molecular flexibility index (Phi) is 10.4. The summed E-state index contributed by atoms with van der Waals surface area (Å²) in [5, 5.41) is 3.18. The van der Waals surface area contributed by atoms with E-state index in [1.54, 1.807) is 11.0 Å². The summed E-state index contributed by atoms with van der Waals surface area (Å²) in [6.07, 6.45) is 4.99. The first-order chi connectivity index (χ1) is 10.5. The molecule has 0 saturated carbocycles. The van der Waals surface area contributed by atoms with Gasteiger partial charge in [-0.25, -0.2) is 13.1 Å². The van der Waals surface area contributed by atoms with E-state index in [0.717, 1.165) is 19.4 Å². The molecule has 138 valence electrons. The fourth-order valence-electron chi connectivity index (χ4n) is 2.48. The van der Waals surface area contributed by atoms with Crippen molar-refractivity contribution in [2.45, 2.75) is 30.2 Å². The molecule has 1 atom stereocenters. The molecule has 1 aromatic heterocycles. The number of amides is 1. The number of carbonyl (C=O) groups is 1. The predicted molar refractivity (Wildman–Crippen MR) is 97.2 cm³/mol. The molecule has 1 unspecified atom stereocenters. The minimum Gasteiger partial charge on any atom is -0.341 e. The second-order valence-corrected chi connectivity index (χ2v) is 7.07. The van der Waals surface area contributed by atoms with Crippen LogP contribution in [0.5, 0.6) is 0 Å². The first kappa shape index (κ1) is 23.1. The number of piperidine rings is 1. The van der Waals surface area contributed by atoms with Gasteiger partial charge < -0.3 is 10.2 Å². The SMILES string of the molecule is CNC1CCCN(C(=O)CCNS(=O)(=O)c2cccnc2)C1.Cl.Cl. The highest BCUT2D eigenvalue weighted by Gasteiger charge is 2.22. The van der Waals surface area contributed by atoms with Crippen LogP contribution in [0.1, 0.15) is 19.3 Å². The maximum Gasteiger partial charge on any atom is 0.242 e. The van der Waals surface area contributed by atoms with Gasteiger partial charge >= 0.3 is 0 Å². The van der Waals surface area contributed by atoms with Crippen LogP contribution in [0.15, 0.2) is 29.4 Å². The molecule has 1 fully saturated rings. The van der Waals surface area contributed by atoms with Gasteiger partial charge in [0.1, 0.15) is 4.90 Å². The van der Waals surface area contributed by atoms with Crippen molar-refractivity contribution in [3.05, 3.63) is 24.5 Å². The molecule has 24 heavy (non-hydrogen) atoms. The Morgan fingerprint density at radius 2 is 2.17 bits per heavy atom. The maximum absolute atomic E-state index is 12.1. The molecule has 1 aromatic rings. The van der Waals surface area contributed by atoms with Gasteiger partial charge in [-0.3, -0.25) is 9.78 Å². The molecule has 1 amide bonds. The predicted octanol–water partition coefficient (Wildman–Crippen LogP) is 0.804. The molecule has 1 aliphatic heterocycles. The normalized spacial score (nSPS) is 17.5. The largest absolute Gasteiger partial charge is 0.341 e. The molecule has 0 aromatic carbocycles. The van der Waals surface area contributed by atoms with E-state index in [4.69, 9.17) is 0 Å². The van der Waals surface area contributed by atoms with Crippen LogP contribution in [0.3, 0.4) is 0 Å². The van der Waals surface area contributed by atoms with Crippen molar-refractivity contribution >= 4 is 40.7 Å². The van der Waals surface area contributed by atoms with Crippen LogP contribution in [-0.2, 0) is 14.8 Å². The van der Waals surface area contributed by atoms with E-state index in [2.05, 4.69) is 15.0 Å². The van der Waals surface area contributed by atoms with Gasteiger partial charge in [-0.05, 0) is 32.0 Å². The summed E-state index contributed by atoms with van der Waals surface area (Å²) >= 11 is 0. The number of rotatable bonds is 6. The first-order valence-corrected chi connectivity index (χ1v) is 8.86. The van der Waals surface area contributed by atoms with Gasteiger partial charge in [-0.2, -0.15) is 0 Å². The zero-order chi connectivity index (χ0) is 16.0. The van der Waals surface area contributed by atoms with Gasteiger partial charge in [0.2, 0.25) is 15.9 Å². The lowest BCUT2D eigenvalue weighted by atomic mass is 10.1. The second kappa shape index (κ2) is 10.8. The van der Waals surface area contributed by atoms with Gasteiger partial charge in [-0.15, -0.1) is 24.8 Å². The van der Waals surface area contributed by atoms with Crippen LogP contribution >= 0.6 is 24.8 Å². The Labute approximate surface area is 155 Å². The number of likely N-dealkylation sites (N-methyl/N-ethyl adjacent to an activating group) is 1. The molecule has 7 nitrogen and oxygen atoms in total. The van der Waals surface area contributed by atoms with Crippen LogP contribution < -0.4 is 10.0 Å². The number of nitrogens with zero attached hydrogens (tertiary/aromatic N) is 2. The Bertz CT molecular complexity index is 601. The van der Waals surface area contributed by atoms with E-state index in [0.29, 0.717) is 12.6 Å². The molecule has 10 heteroatoms. The van der Waals surface area contributed by atoms with Crippen molar-refractivity contribution in [1.29, 1.82) is 0 Å². The third kappa shape index (κ3) is 6.52. The number of sulfonamides is 1. The number of halogens is 2. The third-order valence-electron chi connectivity index (χ3n) is 3.76. The van der Waals surface area contributed by atoms with E-state index < -0.39 is 10.0 Å². The summed E-state index contributed by atoms with van der Waals surface area (Å²) in [6.45, 7) is 1.52. The first-order valence-electron chi connectivity index (χ1n) is 7.37. The number of pyridine rings is 1. The highest BCUT2D eigenvalue weighted by molar-refractivity contribution is 7.89. The summed E-state index contributed by atoms with van der Waals surface area (Å²) in [5.41, 5.74) is 0. The minimum absolute atomic E-state index is 0. The number of carbonyl (C=O) groups excluding carboxylic acids is 1. The molecule has 1 aliphatic rings. The van der Waals surface area contributed by atoms with E-state index in [1.165, 1.54) is 18.5 Å². The second-order valence-electron chi connectivity index (χ2n) is 5.30. The Hall–Kier alpha value is -0.930. The Morgan fingerprint density at radius 3 is 2.79 bits per heavy atom. The highest BCUT2D eigenvalue weighted by atomic mass is 35.5. The average Bonchev–Trinajstić information content (AvgIpc) is 2.55. The molecule has 2 N–H and O–H groups in total. The Morgan fingerprint density at radius 1 is 1.42 bits per heavy atom. The molecule has 0 spiro atoms. The Balaban J connectivity index is 0.00000264. The van der Waals surface area contributed by atoms with Crippen molar-refractivity contribution in [3.63, 3.8) is 0 Å². The third-order valence-corrected chi connectivity index (χ3v) is 5.20. The van der Waals surface area contributed by atoms with E-state index >= 15 is 0 Å². The van der Waals surface area contributed by atoms with Crippen LogP contribution in [0.2, 0.25) is 0 Å². The smallest absolute Gasteiger partial charge is 0.242 e. The number of aromatic nitrogens is 1.